The van der Waals surface area contributed by atoms with Gasteiger partial charge in [0.1, 0.15) is 5.75 Å². The summed E-state index contributed by atoms with van der Waals surface area (Å²) in [6.07, 6.45) is 0.712. The van der Waals surface area contributed by atoms with Gasteiger partial charge in [-0.15, -0.1) is 0 Å². The molecule has 2 rings (SSSR count). The van der Waals surface area contributed by atoms with Crippen LogP contribution in [-0.4, -0.2) is 42.1 Å². The summed E-state index contributed by atoms with van der Waals surface area (Å²) in [4.78, 5) is 24.7. The molecule has 0 saturated carbocycles. The van der Waals surface area contributed by atoms with Crippen molar-refractivity contribution in [2.45, 2.75) is 13.3 Å². The minimum Gasteiger partial charge on any atom is -0.493 e. The summed E-state index contributed by atoms with van der Waals surface area (Å²) in [5.41, 5.74) is 1.73. The minimum atomic E-state index is -1.00. The van der Waals surface area contributed by atoms with Crippen molar-refractivity contribution in [3.63, 3.8) is 0 Å². The summed E-state index contributed by atoms with van der Waals surface area (Å²) < 4.78 is 5.71. The number of para-hydroxylation sites is 1. The first-order valence-corrected chi connectivity index (χ1v) is 7.76. The van der Waals surface area contributed by atoms with E-state index in [1.807, 2.05) is 31.2 Å². The van der Waals surface area contributed by atoms with Gasteiger partial charge in [-0.05, 0) is 49.2 Å². The van der Waals surface area contributed by atoms with E-state index in [1.165, 1.54) is 24.3 Å². The Hall–Kier alpha value is -2.82. The number of carboxylic acids is 1. The van der Waals surface area contributed by atoms with Gasteiger partial charge in [-0.1, -0.05) is 18.2 Å². The van der Waals surface area contributed by atoms with Gasteiger partial charge in [0, 0.05) is 19.2 Å². The molecule has 24 heavy (non-hydrogen) atoms. The van der Waals surface area contributed by atoms with E-state index in [1.54, 1.807) is 11.9 Å². The Morgan fingerprint density at radius 1 is 1.04 bits per heavy atom. The highest BCUT2D eigenvalue weighted by molar-refractivity contribution is 5.95. The number of nitrogens with zero attached hydrogens (tertiary/aromatic N) is 1. The molecule has 0 radical (unpaired) electrons. The Kier molecular flexibility index (Phi) is 5.95. The first kappa shape index (κ1) is 17.5. The van der Waals surface area contributed by atoms with Crippen LogP contribution in [0.3, 0.4) is 0 Å². The SMILES string of the molecule is Cc1ccccc1OCCCN(C)C(=O)c1ccc(C(=O)O)cc1. The van der Waals surface area contributed by atoms with Gasteiger partial charge in [0.05, 0.1) is 12.2 Å². The zero-order valence-corrected chi connectivity index (χ0v) is 13.9. The number of aryl methyl sites for hydroxylation is 1. The highest BCUT2D eigenvalue weighted by Crippen LogP contribution is 2.16. The van der Waals surface area contributed by atoms with E-state index >= 15 is 0 Å². The molecular weight excluding hydrogens is 306 g/mol. The highest BCUT2D eigenvalue weighted by Gasteiger charge is 2.12. The first-order chi connectivity index (χ1) is 11.5. The fourth-order valence-corrected chi connectivity index (χ4v) is 2.28. The van der Waals surface area contributed by atoms with Crippen molar-refractivity contribution in [3.05, 3.63) is 65.2 Å². The summed E-state index contributed by atoms with van der Waals surface area (Å²) in [7, 11) is 1.72. The molecule has 126 valence electrons. The molecule has 0 aromatic heterocycles. The van der Waals surface area contributed by atoms with Crippen LogP contribution in [0.1, 0.15) is 32.7 Å². The molecule has 0 aliphatic rings. The van der Waals surface area contributed by atoms with Crippen LogP contribution in [0, 0.1) is 6.92 Å². The van der Waals surface area contributed by atoms with Crippen molar-refractivity contribution in [2.24, 2.45) is 0 Å². The summed E-state index contributed by atoms with van der Waals surface area (Å²) in [6.45, 7) is 3.08. The van der Waals surface area contributed by atoms with Crippen LogP contribution in [0.5, 0.6) is 5.75 Å². The number of benzene rings is 2. The van der Waals surface area contributed by atoms with Crippen molar-refractivity contribution >= 4 is 11.9 Å². The van der Waals surface area contributed by atoms with Crippen molar-refractivity contribution < 1.29 is 19.4 Å². The van der Waals surface area contributed by atoms with Gasteiger partial charge in [-0.2, -0.15) is 0 Å². The minimum absolute atomic E-state index is 0.136. The molecule has 0 aliphatic heterocycles. The second-order valence-corrected chi connectivity index (χ2v) is 5.58. The molecule has 1 amide bonds. The third-order valence-electron chi connectivity index (χ3n) is 3.71. The molecule has 0 aliphatic carbocycles. The Morgan fingerprint density at radius 2 is 1.67 bits per heavy atom. The number of carboxylic acid groups (broad SMARTS) is 1. The van der Waals surface area contributed by atoms with Gasteiger partial charge < -0.3 is 14.7 Å². The quantitative estimate of drug-likeness (QED) is 0.793. The predicted molar refractivity (Wildman–Crippen MR) is 91.7 cm³/mol. The topological polar surface area (TPSA) is 66.8 Å². The third kappa shape index (κ3) is 4.59. The van der Waals surface area contributed by atoms with Gasteiger partial charge in [-0.25, -0.2) is 4.79 Å². The molecule has 5 nitrogen and oxygen atoms in total. The van der Waals surface area contributed by atoms with E-state index < -0.39 is 5.97 Å². The number of ether oxygens (including phenoxy) is 1. The van der Waals surface area contributed by atoms with Crippen molar-refractivity contribution in [3.8, 4) is 5.75 Å². The van der Waals surface area contributed by atoms with Crippen LogP contribution in [0.2, 0.25) is 0 Å². The lowest BCUT2D eigenvalue weighted by molar-refractivity contribution is 0.0695. The zero-order valence-electron chi connectivity index (χ0n) is 13.9. The number of amides is 1. The number of hydrogen-bond acceptors (Lipinski definition) is 3. The first-order valence-electron chi connectivity index (χ1n) is 7.76. The van der Waals surface area contributed by atoms with E-state index in [0.717, 1.165) is 11.3 Å². The maximum absolute atomic E-state index is 12.3. The maximum Gasteiger partial charge on any atom is 0.335 e. The van der Waals surface area contributed by atoms with Crippen molar-refractivity contribution in [1.82, 2.24) is 4.90 Å². The van der Waals surface area contributed by atoms with Gasteiger partial charge in [0.25, 0.3) is 5.91 Å². The summed E-state index contributed by atoms with van der Waals surface area (Å²) >= 11 is 0. The van der Waals surface area contributed by atoms with Gasteiger partial charge >= 0.3 is 5.97 Å². The second kappa shape index (κ2) is 8.15. The van der Waals surface area contributed by atoms with Gasteiger partial charge in [0.15, 0.2) is 0 Å². The summed E-state index contributed by atoms with van der Waals surface area (Å²) in [5, 5.41) is 8.87. The van der Waals surface area contributed by atoms with Crippen molar-refractivity contribution in [2.75, 3.05) is 20.2 Å². The monoisotopic (exact) mass is 327 g/mol. The normalized spacial score (nSPS) is 10.2. The second-order valence-electron chi connectivity index (χ2n) is 5.58. The van der Waals surface area contributed by atoms with E-state index in [2.05, 4.69) is 0 Å². The number of hydrogen-bond donors (Lipinski definition) is 1. The number of aromatic carboxylic acids is 1. The molecule has 2 aromatic carbocycles. The molecule has 0 saturated heterocycles. The summed E-state index contributed by atoms with van der Waals surface area (Å²) in [5.74, 6) is -0.283. The van der Waals surface area contributed by atoms with Gasteiger partial charge in [0.2, 0.25) is 0 Å². The Balaban J connectivity index is 1.81. The van der Waals surface area contributed by atoms with Crippen molar-refractivity contribution in [1.29, 1.82) is 0 Å². The summed E-state index contributed by atoms with van der Waals surface area (Å²) in [6, 6.07) is 13.7. The van der Waals surface area contributed by atoms with E-state index in [-0.39, 0.29) is 11.5 Å². The number of carbonyl (C=O) groups excluding carboxylic acids is 1. The lowest BCUT2D eigenvalue weighted by Gasteiger charge is -2.17. The van der Waals surface area contributed by atoms with E-state index in [4.69, 9.17) is 9.84 Å². The molecule has 0 atom stereocenters. The number of carbonyl (C=O) groups is 2. The maximum atomic E-state index is 12.3. The third-order valence-corrected chi connectivity index (χ3v) is 3.71. The standard InChI is InChI=1S/C19H21NO4/c1-14-6-3-4-7-17(14)24-13-5-12-20(2)18(21)15-8-10-16(11-9-15)19(22)23/h3-4,6-11H,5,12-13H2,1-2H3,(H,22,23). The smallest absolute Gasteiger partial charge is 0.335 e. The van der Waals surface area contributed by atoms with Crippen LogP contribution < -0.4 is 4.74 Å². The molecule has 0 bridgehead atoms. The van der Waals surface area contributed by atoms with Crippen LogP contribution in [0.25, 0.3) is 0 Å². The molecular formula is C19H21NO4. The molecule has 5 heteroatoms. The van der Waals surface area contributed by atoms with Crippen LogP contribution in [0.4, 0.5) is 0 Å². The average molecular weight is 327 g/mol. The fraction of sp³-hybridized carbons (Fsp3) is 0.263. The largest absolute Gasteiger partial charge is 0.493 e. The Labute approximate surface area is 141 Å². The zero-order chi connectivity index (χ0) is 17.5. The molecule has 0 fully saturated rings. The Bertz CT molecular complexity index is 710. The molecule has 2 aromatic rings. The van der Waals surface area contributed by atoms with Crippen LogP contribution in [-0.2, 0) is 0 Å². The van der Waals surface area contributed by atoms with E-state index in [9.17, 15) is 9.59 Å². The van der Waals surface area contributed by atoms with E-state index in [0.29, 0.717) is 25.1 Å². The Morgan fingerprint density at radius 3 is 2.29 bits per heavy atom. The van der Waals surface area contributed by atoms with Crippen LogP contribution in [0.15, 0.2) is 48.5 Å². The lowest BCUT2D eigenvalue weighted by Crippen LogP contribution is -2.28. The number of rotatable bonds is 7. The molecule has 1 N–H and O–H groups in total. The van der Waals surface area contributed by atoms with Crippen LogP contribution >= 0.6 is 0 Å². The molecule has 0 spiro atoms. The fourth-order valence-electron chi connectivity index (χ4n) is 2.28. The molecule has 0 heterocycles. The molecule has 0 unspecified atom stereocenters. The van der Waals surface area contributed by atoms with Gasteiger partial charge in [-0.3, -0.25) is 4.79 Å². The average Bonchev–Trinajstić information content (AvgIpc) is 2.59. The lowest BCUT2D eigenvalue weighted by atomic mass is 10.1. The highest BCUT2D eigenvalue weighted by atomic mass is 16.5. The predicted octanol–water partition coefficient (Wildman–Crippen LogP) is 3.23.